The maximum atomic E-state index is 6.13. The second-order valence-electron chi connectivity index (χ2n) is 5.28. The largest absolute Gasteiger partial charge is 0.346 e. The summed E-state index contributed by atoms with van der Waals surface area (Å²) in [6.07, 6.45) is 4.79. The molecule has 17 heavy (non-hydrogen) atoms. The number of anilines is 1. The summed E-state index contributed by atoms with van der Waals surface area (Å²) in [4.78, 5) is 7.06. The molecule has 0 aromatic carbocycles. The van der Waals surface area contributed by atoms with Gasteiger partial charge < -0.3 is 10.6 Å². The minimum absolute atomic E-state index is 0.368. The first-order valence-electron chi connectivity index (χ1n) is 6.62. The Bertz CT molecular complexity index is 388. The van der Waals surface area contributed by atoms with Crippen LogP contribution in [0.4, 0.5) is 5.13 Å². The first-order valence-corrected chi connectivity index (χ1v) is 7.39. The lowest BCUT2D eigenvalue weighted by atomic mass is 9.91. The van der Waals surface area contributed by atoms with Gasteiger partial charge in [-0.15, -0.1) is 0 Å². The fourth-order valence-corrected chi connectivity index (χ4v) is 3.30. The van der Waals surface area contributed by atoms with E-state index >= 15 is 0 Å². The fraction of sp³-hybridized carbons (Fsp3) is 0.833. The van der Waals surface area contributed by atoms with Crippen molar-refractivity contribution in [3.8, 4) is 0 Å². The van der Waals surface area contributed by atoms with E-state index in [0.29, 0.717) is 17.9 Å². The predicted molar refractivity (Wildman–Crippen MR) is 70.5 cm³/mol. The molecule has 2 aliphatic rings. The van der Waals surface area contributed by atoms with Crippen molar-refractivity contribution in [3.63, 3.8) is 0 Å². The van der Waals surface area contributed by atoms with Gasteiger partial charge in [0, 0.05) is 36.6 Å². The molecule has 1 saturated carbocycles. The zero-order chi connectivity index (χ0) is 11.8. The van der Waals surface area contributed by atoms with Crippen molar-refractivity contribution in [1.82, 2.24) is 9.36 Å². The summed E-state index contributed by atoms with van der Waals surface area (Å²) in [5.41, 5.74) is 6.13. The Balaban J connectivity index is 1.70. The van der Waals surface area contributed by atoms with Crippen LogP contribution < -0.4 is 10.6 Å². The number of hydrogen-bond acceptors (Lipinski definition) is 5. The minimum Gasteiger partial charge on any atom is -0.346 e. The average molecular weight is 252 g/mol. The topological polar surface area (TPSA) is 55.0 Å². The molecule has 1 aromatic rings. The van der Waals surface area contributed by atoms with Crippen LogP contribution >= 0.6 is 11.5 Å². The minimum atomic E-state index is 0.368. The van der Waals surface area contributed by atoms with E-state index in [1.165, 1.54) is 12.8 Å². The van der Waals surface area contributed by atoms with Crippen molar-refractivity contribution in [1.29, 1.82) is 0 Å². The summed E-state index contributed by atoms with van der Waals surface area (Å²) in [6.45, 7) is 4.32. The molecule has 1 aliphatic heterocycles. The van der Waals surface area contributed by atoms with E-state index in [-0.39, 0.29) is 0 Å². The van der Waals surface area contributed by atoms with Crippen molar-refractivity contribution in [2.75, 3.05) is 18.0 Å². The molecule has 1 aliphatic carbocycles. The summed E-state index contributed by atoms with van der Waals surface area (Å²) in [5.74, 6) is 2.35. The highest BCUT2D eigenvalue weighted by atomic mass is 32.1. The normalized spacial score (nSPS) is 29.6. The Morgan fingerprint density at radius 3 is 2.94 bits per heavy atom. The summed E-state index contributed by atoms with van der Waals surface area (Å²) < 4.78 is 4.48. The molecule has 5 heteroatoms. The van der Waals surface area contributed by atoms with Crippen molar-refractivity contribution < 1.29 is 0 Å². The van der Waals surface area contributed by atoms with E-state index in [1.807, 2.05) is 0 Å². The maximum Gasteiger partial charge on any atom is 0.205 e. The second-order valence-corrected chi connectivity index (χ2v) is 6.01. The summed E-state index contributed by atoms with van der Waals surface area (Å²) in [7, 11) is 0. The van der Waals surface area contributed by atoms with Crippen LogP contribution in [0.15, 0.2) is 0 Å². The lowest BCUT2D eigenvalue weighted by Gasteiger charge is -2.36. The van der Waals surface area contributed by atoms with Gasteiger partial charge in [0.25, 0.3) is 0 Å². The third-order valence-electron chi connectivity index (χ3n) is 3.96. The second kappa shape index (κ2) is 4.53. The van der Waals surface area contributed by atoms with Gasteiger partial charge in [0.15, 0.2) is 0 Å². The van der Waals surface area contributed by atoms with E-state index < -0.39 is 0 Å². The lowest BCUT2D eigenvalue weighted by molar-refractivity contribution is 0.348. The van der Waals surface area contributed by atoms with Crippen molar-refractivity contribution in [2.45, 2.75) is 44.6 Å². The molecule has 1 saturated heterocycles. The van der Waals surface area contributed by atoms with Gasteiger partial charge in [-0.3, -0.25) is 0 Å². The Morgan fingerprint density at radius 1 is 1.41 bits per heavy atom. The number of piperidine rings is 1. The highest BCUT2D eigenvalue weighted by Crippen LogP contribution is 2.40. The van der Waals surface area contributed by atoms with Crippen LogP contribution in [0.1, 0.15) is 44.3 Å². The number of nitrogens with zero attached hydrogens (tertiary/aromatic N) is 3. The fourth-order valence-electron chi connectivity index (χ4n) is 2.52. The standard InChI is InChI=1S/C12H20N4S/c1-2-8-7-16(6-5-10(8)13)12-14-11(15-17-12)9-3-4-9/h8-10H,2-7,13H2,1H3. The Labute approximate surface area is 106 Å². The van der Waals surface area contributed by atoms with Crippen molar-refractivity contribution in [2.24, 2.45) is 11.7 Å². The Morgan fingerprint density at radius 2 is 2.24 bits per heavy atom. The van der Waals surface area contributed by atoms with Crippen LogP contribution in [0, 0.1) is 5.92 Å². The first-order chi connectivity index (χ1) is 8.28. The van der Waals surface area contributed by atoms with Gasteiger partial charge in [-0.1, -0.05) is 13.3 Å². The first kappa shape index (κ1) is 11.4. The molecule has 0 amide bonds. The maximum absolute atomic E-state index is 6.13. The Hall–Kier alpha value is -0.680. The van der Waals surface area contributed by atoms with Crippen LogP contribution in [-0.2, 0) is 0 Å². The SMILES string of the molecule is CCC1CN(c2nc(C3CC3)ns2)CCC1N. The van der Waals surface area contributed by atoms with Crippen LogP contribution in [0.25, 0.3) is 0 Å². The molecule has 4 nitrogen and oxygen atoms in total. The van der Waals surface area contributed by atoms with Gasteiger partial charge in [-0.05, 0) is 25.2 Å². The van der Waals surface area contributed by atoms with E-state index in [9.17, 15) is 0 Å². The highest BCUT2D eigenvalue weighted by Gasteiger charge is 2.31. The van der Waals surface area contributed by atoms with E-state index in [4.69, 9.17) is 5.73 Å². The molecule has 0 spiro atoms. The van der Waals surface area contributed by atoms with Gasteiger partial charge in [0.2, 0.25) is 5.13 Å². The molecule has 0 radical (unpaired) electrons. The third-order valence-corrected chi connectivity index (χ3v) is 4.75. The smallest absolute Gasteiger partial charge is 0.205 e. The molecule has 2 N–H and O–H groups in total. The summed E-state index contributed by atoms with van der Waals surface area (Å²) >= 11 is 1.56. The summed E-state index contributed by atoms with van der Waals surface area (Å²) in [6, 6.07) is 0.368. The molecular formula is C12H20N4S. The molecule has 2 unspecified atom stereocenters. The van der Waals surface area contributed by atoms with Crippen LogP contribution in [-0.4, -0.2) is 28.5 Å². The summed E-state index contributed by atoms with van der Waals surface area (Å²) in [5, 5.41) is 1.11. The molecule has 3 rings (SSSR count). The zero-order valence-electron chi connectivity index (χ0n) is 10.3. The van der Waals surface area contributed by atoms with Gasteiger partial charge in [0.05, 0.1) is 0 Å². The number of aromatic nitrogens is 2. The Kier molecular flexibility index (Phi) is 3.04. The molecule has 2 fully saturated rings. The van der Waals surface area contributed by atoms with Gasteiger partial charge in [0.1, 0.15) is 5.82 Å². The van der Waals surface area contributed by atoms with Gasteiger partial charge in [-0.25, -0.2) is 4.98 Å². The quantitative estimate of drug-likeness (QED) is 0.893. The molecular weight excluding hydrogens is 232 g/mol. The highest BCUT2D eigenvalue weighted by molar-refractivity contribution is 7.09. The molecule has 1 aromatic heterocycles. The average Bonchev–Trinajstić information content (AvgIpc) is 3.08. The van der Waals surface area contributed by atoms with Crippen LogP contribution in [0.5, 0.6) is 0 Å². The predicted octanol–water partition coefficient (Wildman–Crippen LogP) is 1.98. The van der Waals surface area contributed by atoms with E-state index in [2.05, 4.69) is 21.2 Å². The molecule has 0 bridgehead atoms. The lowest BCUT2D eigenvalue weighted by Crippen LogP contribution is -2.46. The van der Waals surface area contributed by atoms with E-state index in [1.54, 1.807) is 11.5 Å². The van der Waals surface area contributed by atoms with E-state index in [0.717, 1.165) is 36.9 Å². The molecule has 94 valence electrons. The van der Waals surface area contributed by atoms with Crippen LogP contribution in [0.3, 0.4) is 0 Å². The molecule has 2 atom stereocenters. The molecule has 2 heterocycles. The van der Waals surface area contributed by atoms with Crippen LogP contribution in [0.2, 0.25) is 0 Å². The van der Waals surface area contributed by atoms with Gasteiger partial charge >= 0.3 is 0 Å². The van der Waals surface area contributed by atoms with Gasteiger partial charge in [-0.2, -0.15) is 4.37 Å². The zero-order valence-corrected chi connectivity index (χ0v) is 11.1. The number of nitrogens with two attached hydrogens (primary N) is 1. The number of hydrogen-bond donors (Lipinski definition) is 1. The number of rotatable bonds is 3. The van der Waals surface area contributed by atoms with Crippen molar-refractivity contribution in [3.05, 3.63) is 5.82 Å². The van der Waals surface area contributed by atoms with Crippen molar-refractivity contribution >= 4 is 16.7 Å². The third kappa shape index (κ3) is 2.31. The monoisotopic (exact) mass is 252 g/mol.